The van der Waals surface area contributed by atoms with Gasteiger partial charge in [0.2, 0.25) is 0 Å². The highest BCUT2D eigenvalue weighted by atomic mass is 16.6. The number of likely N-dealkylation sites (N-methyl/N-ethyl adjacent to an activating group) is 1. The fourth-order valence-electron chi connectivity index (χ4n) is 3.68. The van der Waals surface area contributed by atoms with Crippen molar-refractivity contribution in [1.82, 2.24) is 9.80 Å². The number of hydrogen-bond donors (Lipinski definition) is 1. The first-order valence-electron chi connectivity index (χ1n) is 10.2. The number of β-amino-alcohol motifs (C(OH)–C–C–N with tert-alkyl or cyclic N) is 1. The molecular formula is C22H33N3O2. The summed E-state index contributed by atoms with van der Waals surface area (Å²) in [7, 11) is 2.14. The van der Waals surface area contributed by atoms with Crippen molar-refractivity contribution in [3.63, 3.8) is 0 Å². The van der Waals surface area contributed by atoms with Crippen molar-refractivity contribution in [1.29, 1.82) is 0 Å². The summed E-state index contributed by atoms with van der Waals surface area (Å²) in [6.07, 6.45) is 7.31. The van der Waals surface area contributed by atoms with Crippen molar-refractivity contribution in [2.75, 3.05) is 46.4 Å². The van der Waals surface area contributed by atoms with Crippen molar-refractivity contribution in [2.24, 2.45) is 5.16 Å². The molecule has 0 spiro atoms. The molecule has 148 valence electrons. The molecule has 1 aliphatic carbocycles. The lowest BCUT2D eigenvalue weighted by molar-refractivity contribution is 0.0107. The van der Waals surface area contributed by atoms with Crippen LogP contribution < -0.4 is 0 Å². The molecule has 1 saturated heterocycles. The van der Waals surface area contributed by atoms with Gasteiger partial charge in [-0.05, 0) is 49.9 Å². The third-order valence-electron chi connectivity index (χ3n) is 5.38. The van der Waals surface area contributed by atoms with Crippen molar-refractivity contribution < 1.29 is 9.94 Å². The molecule has 1 aliphatic heterocycles. The van der Waals surface area contributed by atoms with Crippen LogP contribution in [0, 0.1) is 0 Å². The predicted octanol–water partition coefficient (Wildman–Crippen LogP) is 3.02. The molecular weight excluding hydrogens is 338 g/mol. The molecule has 27 heavy (non-hydrogen) atoms. The van der Waals surface area contributed by atoms with Crippen LogP contribution in [0.25, 0.3) is 6.08 Å². The Morgan fingerprint density at radius 2 is 1.81 bits per heavy atom. The minimum absolute atomic E-state index is 0.258. The van der Waals surface area contributed by atoms with E-state index < -0.39 is 6.10 Å². The molecule has 5 nitrogen and oxygen atoms in total. The second-order valence-corrected chi connectivity index (χ2v) is 7.73. The number of aliphatic hydroxyl groups is 1. The average molecular weight is 372 g/mol. The van der Waals surface area contributed by atoms with Gasteiger partial charge in [-0.2, -0.15) is 0 Å². The van der Waals surface area contributed by atoms with Crippen molar-refractivity contribution in [3.05, 3.63) is 41.5 Å². The van der Waals surface area contributed by atoms with Crippen molar-refractivity contribution in [3.8, 4) is 0 Å². The first-order valence-corrected chi connectivity index (χ1v) is 10.2. The van der Waals surface area contributed by atoms with Gasteiger partial charge in [-0.3, -0.25) is 4.90 Å². The van der Waals surface area contributed by atoms with E-state index in [0.717, 1.165) is 51.2 Å². The van der Waals surface area contributed by atoms with Gasteiger partial charge in [0.05, 0.1) is 5.71 Å². The van der Waals surface area contributed by atoms with Crippen LogP contribution in [-0.4, -0.2) is 73.1 Å². The van der Waals surface area contributed by atoms with Crippen LogP contribution in [0.5, 0.6) is 0 Å². The molecule has 1 aromatic rings. The van der Waals surface area contributed by atoms with Crippen LogP contribution in [-0.2, 0) is 4.84 Å². The zero-order valence-electron chi connectivity index (χ0n) is 16.5. The third-order valence-corrected chi connectivity index (χ3v) is 5.38. The maximum absolute atomic E-state index is 10.3. The Morgan fingerprint density at radius 1 is 1.07 bits per heavy atom. The molecule has 0 radical (unpaired) electrons. The fraction of sp³-hybridized carbons (Fsp3) is 0.591. The number of hydrogen-bond acceptors (Lipinski definition) is 5. The van der Waals surface area contributed by atoms with E-state index in [2.05, 4.69) is 52.3 Å². The summed E-state index contributed by atoms with van der Waals surface area (Å²) >= 11 is 0. The van der Waals surface area contributed by atoms with E-state index in [1.54, 1.807) is 0 Å². The minimum Gasteiger partial charge on any atom is -0.393 e. The summed E-state index contributed by atoms with van der Waals surface area (Å²) < 4.78 is 0. The van der Waals surface area contributed by atoms with Crippen molar-refractivity contribution in [2.45, 2.75) is 38.2 Å². The van der Waals surface area contributed by atoms with Crippen LogP contribution >= 0.6 is 0 Å². The summed E-state index contributed by atoms with van der Waals surface area (Å²) in [5.74, 6) is 0. The molecule has 0 bridgehead atoms. The second kappa shape index (κ2) is 10.6. The molecule has 1 heterocycles. The Kier molecular flexibility index (Phi) is 7.87. The van der Waals surface area contributed by atoms with E-state index >= 15 is 0 Å². The highest BCUT2D eigenvalue weighted by molar-refractivity contribution is 6.03. The van der Waals surface area contributed by atoms with Crippen LogP contribution in [0.3, 0.4) is 0 Å². The van der Waals surface area contributed by atoms with Gasteiger partial charge in [-0.1, -0.05) is 41.9 Å². The van der Waals surface area contributed by atoms with E-state index in [1.165, 1.54) is 24.0 Å². The molecule has 1 aromatic carbocycles. The summed E-state index contributed by atoms with van der Waals surface area (Å²) in [6.45, 7) is 5.05. The van der Waals surface area contributed by atoms with Crippen LogP contribution in [0.4, 0.5) is 0 Å². The Labute approximate surface area is 163 Å². The number of piperazine rings is 1. The van der Waals surface area contributed by atoms with Gasteiger partial charge >= 0.3 is 0 Å². The summed E-state index contributed by atoms with van der Waals surface area (Å²) in [5.41, 5.74) is 3.52. The molecule has 0 aromatic heterocycles. The van der Waals surface area contributed by atoms with E-state index in [1.807, 2.05) is 6.07 Å². The summed E-state index contributed by atoms with van der Waals surface area (Å²) in [6, 6.07) is 10.4. The normalized spacial score (nSPS) is 24.1. The number of rotatable bonds is 6. The zero-order chi connectivity index (χ0) is 18.9. The molecule has 3 rings (SSSR count). The third kappa shape index (κ3) is 6.76. The van der Waals surface area contributed by atoms with Gasteiger partial charge in [-0.15, -0.1) is 0 Å². The topological polar surface area (TPSA) is 48.3 Å². The average Bonchev–Trinajstić information content (AvgIpc) is 2.90. The van der Waals surface area contributed by atoms with E-state index in [-0.39, 0.29) is 6.61 Å². The standard InChI is InChI=1S/C22H33N3O2/c1-24-12-14-25(15-13-24)17-21(26)18-27-23-22-11-7-3-6-10-20(22)16-19-8-4-2-5-9-19/h2,4-5,8-9,16,21,26H,3,6-7,10-15,17-18H2,1H3/b20-16-,23-22+. The molecule has 2 fully saturated rings. The maximum atomic E-state index is 10.3. The molecule has 1 N–H and O–H groups in total. The molecule has 5 heteroatoms. The number of oxime groups is 1. The fourth-order valence-corrected chi connectivity index (χ4v) is 3.68. The lowest BCUT2D eigenvalue weighted by Gasteiger charge is -2.33. The van der Waals surface area contributed by atoms with E-state index in [4.69, 9.17) is 4.84 Å². The van der Waals surface area contributed by atoms with Gasteiger partial charge in [-0.25, -0.2) is 0 Å². The zero-order valence-corrected chi connectivity index (χ0v) is 16.5. The maximum Gasteiger partial charge on any atom is 0.144 e. The first kappa shape index (κ1) is 20.1. The monoisotopic (exact) mass is 371 g/mol. The van der Waals surface area contributed by atoms with Gasteiger partial charge < -0.3 is 14.8 Å². The SMILES string of the molecule is CN1CCN(CC(O)CO/N=C2\CCCCC\C2=C\c2ccccc2)CC1. The molecule has 1 atom stereocenters. The Morgan fingerprint density at radius 3 is 2.59 bits per heavy atom. The molecule has 0 amide bonds. The molecule has 1 unspecified atom stereocenters. The van der Waals surface area contributed by atoms with E-state index in [0.29, 0.717) is 6.54 Å². The van der Waals surface area contributed by atoms with Gasteiger partial charge in [0.1, 0.15) is 12.7 Å². The Balaban J connectivity index is 1.54. The molecule has 2 aliphatic rings. The Bertz CT molecular complexity index is 622. The molecule has 1 saturated carbocycles. The van der Waals surface area contributed by atoms with Gasteiger partial charge in [0, 0.05) is 32.7 Å². The van der Waals surface area contributed by atoms with Crippen LogP contribution in [0.2, 0.25) is 0 Å². The van der Waals surface area contributed by atoms with Crippen molar-refractivity contribution >= 4 is 11.8 Å². The minimum atomic E-state index is -0.495. The van der Waals surface area contributed by atoms with Crippen LogP contribution in [0.15, 0.2) is 41.1 Å². The first-order chi connectivity index (χ1) is 13.2. The highest BCUT2D eigenvalue weighted by Crippen LogP contribution is 2.23. The van der Waals surface area contributed by atoms with Crippen LogP contribution in [0.1, 0.15) is 37.7 Å². The highest BCUT2D eigenvalue weighted by Gasteiger charge is 2.18. The second-order valence-electron chi connectivity index (χ2n) is 7.73. The van der Waals surface area contributed by atoms with Gasteiger partial charge in [0.15, 0.2) is 0 Å². The summed E-state index contributed by atoms with van der Waals surface area (Å²) in [4.78, 5) is 10.2. The number of nitrogens with zero attached hydrogens (tertiary/aromatic N) is 3. The quantitative estimate of drug-likeness (QED) is 0.617. The number of aliphatic hydroxyl groups excluding tert-OH is 1. The van der Waals surface area contributed by atoms with Gasteiger partial charge in [0.25, 0.3) is 0 Å². The smallest absolute Gasteiger partial charge is 0.144 e. The Hall–Kier alpha value is -1.69. The predicted molar refractivity (Wildman–Crippen MR) is 111 cm³/mol. The summed E-state index contributed by atoms with van der Waals surface area (Å²) in [5, 5.41) is 14.7. The number of benzene rings is 1. The largest absolute Gasteiger partial charge is 0.393 e. The van der Waals surface area contributed by atoms with E-state index in [9.17, 15) is 5.11 Å². The lowest BCUT2D eigenvalue weighted by Crippen LogP contribution is -2.47. The lowest BCUT2D eigenvalue weighted by atomic mass is 10.0. The number of allylic oxidation sites excluding steroid dienone is 1.